The summed E-state index contributed by atoms with van der Waals surface area (Å²) in [5.74, 6) is 0.257. The SMILES string of the molecule is CCc1cn(Cc2ccc(NC(=O)c3ccc4nc(C)n(-c5ccc(F)cc5)c4c3)cc2)cn1. The number of benzene rings is 3. The van der Waals surface area contributed by atoms with Gasteiger partial charge in [0.2, 0.25) is 0 Å². The lowest BCUT2D eigenvalue weighted by atomic mass is 10.1. The van der Waals surface area contributed by atoms with Crippen LogP contribution >= 0.6 is 0 Å². The number of amides is 1. The van der Waals surface area contributed by atoms with Crippen molar-refractivity contribution in [2.24, 2.45) is 0 Å². The summed E-state index contributed by atoms with van der Waals surface area (Å²) >= 11 is 0. The Hall–Kier alpha value is -4.26. The molecule has 1 amide bonds. The molecule has 170 valence electrons. The van der Waals surface area contributed by atoms with Crippen molar-refractivity contribution in [3.63, 3.8) is 0 Å². The summed E-state index contributed by atoms with van der Waals surface area (Å²) in [6.45, 7) is 4.70. The molecule has 0 unspecified atom stereocenters. The normalized spacial score (nSPS) is 11.1. The molecule has 1 N–H and O–H groups in total. The number of aryl methyl sites for hydroxylation is 2. The van der Waals surface area contributed by atoms with Crippen LogP contribution in [0.1, 0.15) is 34.4 Å². The minimum absolute atomic E-state index is 0.207. The second kappa shape index (κ2) is 8.94. The number of anilines is 1. The van der Waals surface area contributed by atoms with E-state index in [-0.39, 0.29) is 11.7 Å². The van der Waals surface area contributed by atoms with E-state index in [0.717, 1.165) is 52.5 Å². The van der Waals surface area contributed by atoms with Gasteiger partial charge in [-0.15, -0.1) is 0 Å². The maximum absolute atomic E-state index is 13.4. The van der Waals surface area contributed by atoms with Crippen LogP contribution in [-0.2, 0) is 13.0 Å². The molecule has 0 bridgehead atoms. The number of fused-ring (bicyclic) bond motifs is 1. The molecule has 0 fully saturated rings. The van der Waals surface area contributed by atoms with Gasteiger partial charge in [-0.1, -0.05) is 19.1 Å². The molecule has 0 spiro atoms. The third-order valence-corrected chi connectivity index (χ3v) is 5.80. The number of aromatic nitrogens is 4. The van der Waals surface area contributed by atoms with Gasteiger partial charge in [0.05, 0.1) is 23.1 Å². The highest BCUT2D eigenvalue weighted by Crippen LogP contribution is 2.23. The van der Waals surface area contributed by atoms with Gasteiger partial charge in [0.1, 0.15) is 11.6 Å². The first-order valence-electron chi connectivity index (χ1n) is 11.2. The van der Waals surface area contributed by atoms with Crippen LogP contribution in [0.25, 0.3) is 16.7 Å². The Balaban J connectivity index is 1.35. The maximum Gasteiger partial charge on any atom is 0.255 e. The maximum atomic E-state index is 13.4. The third-order valence-electron chi connectivity index (χ3n) is 5.80. The van der Waals surface area contributed by atoms with Crippen LogP contribution in [0.4, 0.5) is 10.1 Å². The van der Waals surface area contributed by atoms with E-state index in [1.54, 1.807) is 18.2 Å². The van der Waals surface area contributed by atoms with Gasteiger partial charge in [-0.2, -0.15) is 0 Å². The van der Waals surface area contributed by atoms with Crippen LogP contribution in [0.5, 0.6) is 0 Å². The lowest BCUT2D eigenvalue weighted by Crippen LogP contribution is -2.12. The Kier molecular flexibility index (Phi) is 5.67. The first-order chi connectivity index (χ1) is 16.5. The number of carbonyl (C=O) groups excluding carboxylic acids is 1. The quantitative estimate of drug-likeness (QED) is 0.368. The molecule has 5 aromatic rings. The van der Waals surface area contributed by atoms with Gasteiger partial charge in [0, 0.05) is 29.7 Å². The molecule has 7 heteroatoms. The van der Waals surface area contributed by atoms with Crippen molar-refractivity contribution in [3.05, 3.63) is 108 Å². The zero-order chi connectivity index (χ0) is 23.7. The molecule has 0 saturated carbocycles. The van der Waals surface area contributed by atoms with Gasteiger partial charge >= 0.3 is 0 Å². The number of carbonyl (C=O) groups is 1. The number of nitrogens with one attached hydrogen (secondary N) is 1. The molecule has 0 radical (unpaired) electrons. The fourth-order valence-corrected chi connectivity index (χ4v) is 4.04. The van der Waals surface area contributed by atoms with E-state index >= 15 is 0 Å². The number of rotatable bonds is 6. The largest absolute Gasteiger partial charge is 0.333 e. The van der Waals surface area contributed by atoms with Gasteiger partial charge in [-0.25, -0.2) is 14.4 Å². The standard InChI is InChI=1S/C27H24FN5O/c1-3-22-16-32(17-29-22)15-19-4-9-23(10-5-19)31-27(34)20-6-13-25-26(14-20)33(18(2)30-25)24-11-7-21(28)8-12-24/h4-14,16-17H,3,15H2,1-2H3,(H,31,34). The van der Waals surface area contributed by atoms with Crippen molar-refractivity contribution in [1.82, 2.24) is 19.1 Å². The molecule has 0 aliphatic rings. The van der Waals surface area contributed by atoms with Crippen LogP contribution in [0.2, 0.25) is 0 Å². The van der Waals surface area contributed by atoms with Crippen molar-refractivity contribution in [2.45, 2.75) is 26.8 Å². The van der Waals surface area contributed by atoms with E-state index < -0.39 is 0 Å². The fraction of sp³-hybridized carbons (Fsp3) is 0.148. The molecular formula is C27H24FN5O. The summed E-state index contributed by atoms with van der Waals surface area (Å²) in [6.07, 6.45) is 4.79. The third kappa shape index (κ3) is 4.32. The molecule has 2 heterocycles. The number of hydrogen-bond acceptors (Lipinski definition) is 3. The summed E-state index contributed by atoms with van der Waals surface area (Å²) in [5.41, 5.74) is 5.78. The second-order valence-corrected chi connectivity index (χ2v) is 8.22. The molecule has 6 nitrogen and oxygen atoms in total. The van der Waals surface area contributed by atoms with Crippen molar-refractivity contribution in [3.8, 4) is 5.69 Å². The van der Waals surface area contributed by atoms with Crippen molar-refractivity contribution >= 4 is 22.6 Å². The van der Waals surface area contributed by atoms with E-state index in [1.165, 1.54) is 12.1 Å². The van der Waals surface area contributed by atoms with Gasteiger partial charge in [-0.3, -0.25) is 9.36 Å². The highest BCUT2D eigenvalue weighted by Gasteiger charge is 2.13. The lowest BCUT2D eigenvalue weighted by Gasteiger charge is -2.09. The van der Waals surface area contributed by atoms with Crippen LogP contribution in [-0.4, -0.2) is 25.0 Å². The Labute approximate surface area is 196 Å². The van der Waals surface area contributed by atoms with Crippen LogP contribution < -0.4 is 5.32 Å². The zero-order valence-electron chi connectivity index (χ0n) is 19.0. The van der Waals surface area contributed by atoms with Gasteiger partial charge in [-0.05, 0) is 73.5 Å². The molecule has 0 atom stereocenters. The summed E-state index contributed by atoms with van der Waals surface area (Å²) < 4.78 is 17.4. The number of halogens is 1. The van der Waals surface area contributed by atoms with Gasteiger partial charge in [0.25, 0.3) is 5.91 Å². The smallest absolute Gasteiger partial charge is 0.255 e. The summed E-state index contributed by atoms with van der Waals surface area (Å²) in [5, 5.41) is 2.96. The van der Waals surface area contributed by atoms with Gasteiger partial charge < -0.3 is 9.88 Å². The Morgan fingerprint density at radius 3 is 2.50 bits per heavy atom. The average Bonchev–Trinajstić information content (AvgIpc) is 3.43. The van der Waals surface area contributed by atoms with E-state index in [1.807, 2.05) is 65.0 Å². The minimum atomic E-state index is -0.298. The number of hydrogen-bond donors (Lipinski definition) is 1. The van der Waals surface area contributed by atoms with Crippen molar-refractivity contribution < 1.29 is 9.18 Å². The van der Waals surface area contributed by atoms with Gasteiger partial charge in [0.15, 0.2) is 0 Å². The van der Waals surface area contributed by atoms with Crippen molar-refractivity contribution in [1.29, 1.82) is 0 Å². The molecule has 3 aromatic carbocycles. The van der Waals surface area contributed by atoms with E-state index in [4.69, 9.17) is 0 Å². The molecule has 0 aliphatic heterocycles. The van der Waals surface area contributed by atoms with Crippen molar-refractivity contribution in [2.75, 3.05) is 5.32 Å². The predicted molar refractivity (Wildman–Crippen MR) is 131 cm³/mol. The highest BCUT2D eigenvalue weighted by molar-refractivity contribution is 6.06. The molecule has 0 saturated heterocycles. The van der Waals surface area contributed by atoms with E-state index in [0.29, 0.717) is 5.56 Å². The number of imidazole rings is 2. The van der Waals surface area contributed by atoms with Crippen LogP contribution in [0.15, 0.2) is 79.3 Å². The minimum Gasteiger partial charge on any atom is -0.333 e. The molecule has 5 rings (SSSR count). The molecular weight excluding hydrogens is 429 g/mol. The summed E-state index contributed by atoms with van der Waals surface area (Å²) in [7, 11) is 0. The summed E-state index contributed by atoms with van der Waals surface area (Å²) in [4.78, 5) is 21.9. The highest BCUT2D eigenvalue weighted by atomic mass is 19.1. The Morgan fingerprint density at radius 2 is 1.79 bits per heavy atom. The topological polar surface area (TPSA) is 64.7 Å². The molecule has 0 aliphatic carbocycles. The Morgan fingerprint density at radius 1 is 1.03 bits per heavy atom. The second-order valence-electron chi connectivity index (χ2n) is 8.22. The first kappa shape index (κ1) is 21.6. The Bertz CT molecular complexity index is 1470. The van der Waals surface area contributed by atoms with E-state index in [9.17, 15) is 9.18 Å². The fourth-order valence-electron chi connectivity index (χ4n) is 4.04. The number of nitrogens with zero attached hydrogens (tertiary/aromatic N) is 4. The average molecular weight is 454 g/mol. The van der Waals surface area contributed by atoms with Crippen LogP contribution in [0, 0.1) is 12.7 Å². The predicted octanol–water partition coefficient (Wildman–Crippen LogP) is 5.53. The molecule has 2 aromatic heterocycles. The van der Waals surface area contributed by atoms with Crippen LogP contribution in [0.3, 0.4) is 0 Å². The molecule has 34 heavy (non-hydrogen) atoms. The first-order valence-corrected chi connectivity index (χ1v) is 11.2. The lowest BCUT2D eigenvalue weighted by molar-refractivity contribution is 0.102. The summed E-state index contributed by atoms with van der Waals surface area (Å²) in [6, 6.07) is 19.4. The monoisotopic (exact) mass is 453 g/mol. The van der Waals surface area contributed by atoms with E-state index in [2.05, 4.69) is 22.2 Å². The zero-order valence-corrected chi connectivity index (χ0v) is 19.0.